The molecule has 1 N–H and O–H groups in total. The Kier molecular flexibility index (Phi) is 11.1. The number of allylic oxidation sites excluding steroid dienone is 4. The predicted octanol–water partition coefficient (Wildman–Crippen LogP) is 8.67. The highest BCUT2D eigenvalue weighted by molar-refractivity contribution is 6.07. The highest BCUT2D eigenvalue weighted by atomic mass is 19.1. The number of methoxy groups -OCH3 is 1. The van der Waals surface area contributed by atoms with Crippen molar-refractivity contribution in [3.63, 3.8) is 0 Å². The summed E-state index contributed by atoms with van der Waals surface area (Å²) in [5.41, 5.74) is 5.93. The molecule has 4 nitrogen and oxygen atoms in total. The number of ether oxygens (including phenoxy) is 1. The molecule has 0 saturated heterocycles. The minimum atomic E-state index is -0.299. The van der Waals surface area contributed by atoms with Crippen molar-refractivity contribution >= 4 is 5.91 Å². The average Bonchev–Trinajstić information content (AvgIpc) is 3.27. The molecule has 0 fully saturated rings. The molecule has 0 unspecified atom stereocenters. The van der Waals surface area contributed by atoms with Crippen LogP contribution >= 0.6 is 0 Å². The van der Waals surface area contributed by atoms with E-state index in [1.165, 1.54) is 12.1 Å². The summed E-state index contributed by atoms with van der Waals surface area (Å²) >= 11 is 0. The number of hydrogen-bond acceptors (Lipinski definition) is 2. The molecule has 1 aromatic heterocycles. The fourth-order valence-corrected chi connectivity index (χ4v) is 4.96. The van der Waals surface area contributed by atoms with Gasteiger partial charge in [-0.1, -0.05) is 68.5 Å². The summed E-state index contributed by atoms with van der Waals surface area (Å²) in [6.07, 6.45) is 10.1. The number of amides is 1. The second-order valence-corrected chi connectivity index (χ2v) is 9.98. The van der Waals surface area contributed by atoms with Gasteiger partial charge in [-0.05, 0) is 74.4 Å². The van der Waals surface area contributed by atoms with E-state index in [0.29, 0.717) is 12.1 Å². The van der Waals surface area contributed by atoms with Gasteiger partial charge in [0.05, 0.1) is 17.4 Å². The lowest BCUT2D eigenvalue weighted by molar-refractivity contribution is 0.0936. The summed E-state index contributed by atoms with van der Waals surface area (Å²) in [6, 6.07) is 16.5. The molecule has 0 radical (unpaired) electrons. The maximum absolute atomic E-state index is 14.1. The van der Waals surface area contributed by atoms with E-state index in [0.717, 1.165) is 53.0 Å². The largest absolute Gasteiger partial charge is 0.381 e. The second kappa shape index (κ2) is 14.5. The molecule has 0 saturated carbocycles. The molecule has 0 aliphatic heterocycles. The van der Waals surface area contributed by atoms with Crippen LogP contribution in [0.2, 0.25) is 0 Å². The molecule has 3 rings (SSSR count). The molecule has 1 heterocycles. The molecule has 2 aromatic carbocycles. The molecule has 1 amide bonds. The summed E-state index contributed by atoms with van der Waals surface area (Å²) < 4.78 is 22.0. The van der Waals surface area contributed by atoms with Crippen molar-refractivity contribution in [2.24, 2.45) is 0 Å². The van der Waals surface area contributed by atoms with Crippen LogP contribution in [0.5, 0.6) is 0 Å². The standard InChI is InChI=1S/C34H41FN2O2/c1-7-9-11-15-25(5)36-34(38)31-30(26-16-12-10-13-17-26)33(27-18-20-28(35)21-19-27)37(32(31)24(3)4)23-22-29(39-6)14-8-2/h7-10,12-13,15-21,24,29H,2,11,14,22-23H2,1,3-6H3,(H,36,38)/b9-7-,25-15+/t29-/m0/s1. The van der Waals surface area contributed by atoms with Gasteiger partial charge in [0.15, 0.2) is 0 Å². The van der Waals surface area contributed by atoms with Gasteiger partial charge in [-0.3, -0.25) is 4.79 Å². The third kappa shape index (κ3) is 7.45. The number of rotatable bonds is 13. The Morgan fingerprint density at radius 1 is 1.10 bits per heavy atom. The van der Waals surface area contributed by atoms with E-state index in [1.807, 2.05) is 68.5 Å². The van der Waals surface area contributed by atoms with Crippen LogP contribution in [-0.2, 0) is 11.3 Å². The lowest BCUT2D eigenvalue weighted by Gasteiger charge is -2.20. The van der Waals surface area contributed by atoms with Crippen molar-refractivity contribution in [1.82, 2.24) is 9.88 Å². The van der Waals surface area contributed by atoms with Gasteiger partial charge in [0.1, 0.15) is 5.82 Å². The van der Waals surface area contributed by atoms with Crippen LogP contribution in [0, 0.1) is 5.82 Å². The predicted molar refractivity (Wildman–Crippen MR) is 160 cm³/mol. The van der Waals surface area contributed by atoms with Gasteiger partial charge in [-0.15, -0.1) is 6.58 Å². The molecule has 39 heavy (non-hydrogen) atoms. The number of halogens is 1. The Balaban J connectivity index is 2.31. The number of aromatic nitrogens is 1. The first-order valence-electron chi connectivity index (χ1n) is 13.6. The molecular weight excluding hydrogens is 487 g/mol. The monoisotopic (exact) mass is 528 g/mol. The highest BCUT2D eigenvalue weighted by Crippen LogP contribution is 2.42. The highest BCUT2D eigenvalue weighted by Gasteiger charge is 2.30. The summed E-state index contributed by atoms with van der Waals surface area (Å²) in [7, 11) is 1.71. The Bertz CT molecular complexity index is 1300. The van der Waals surface area contributed by atoms with Crippen molar-refractivity contribution < 1.29 is 13.9 Å². The number of nitrogens with one attached hydrogen (secondary N) is 1. The Hall–Kier alpha value is -3.70. The molecule has 5 heteroatoms. The number of nitrogens with zero attached hydrogens (tertiary/aromatic N) is 1. The normalized spacial score (nSPS) is 12.7. The van der Waals surface area contributed by atoms with Gasteiger partial charge in [0, 0.05) is 30.6 Å². The smallest absolute Gasteiger partial charge is 0.257 e. The summed E-state index contributed by atoms with van der Waals surface area (Å²) in [5.74, 6) is -0.397. The summed E-state index contributed by atoms with van der Waals surface area (Å²) in [4.78, 5) is 14.1. The quantitative estimate of drug-likeness (QED) is 0.226. The Morgan fingerprint density at radius 2 is 1.79 bits per heavy atom. The Labute approximate surface area is 232 Å². The number of hydrogen-bond donors (Lipinski definition) is 1. The molecular formula is C34H41FN2O2. The van der Waals surface area contributed by atoms with E-state index in [1.54, 1.807) is 19.2 Å². The molecule has 0 aliphatic rings. The SMILES string of the molecule is C=CC[C@@H](CCn1c(-c2ccc(F)cc2)c(-c2ccccc2)c(C(=O)N/C(C)=C/C/C=C\C)c1C(C)C)OC. The Morgan fingerprint density at radius 3 is 2.38 bits per heavy atom. The van der Waals surface area contributed by atoms with Gasteiger partial charge in [0.25, 0.3) is 5.91 Å². The van der Waals surface area contributed by atoms with Crippen molar-refractivity contribution in [2.45, 2.75) is 65.5 Å². The maximum Gasteiger partial charge on any atom is 0.257 e. The van der Waals surface area contributed by atoms with Gasteiger partial charge < -0.3 is 14.6 Å². The van der Waals surface area contributed by atoms with Gasteiger partial charge in [0.2, 0.25) is 0 Å². The zero-order valence-electron chi connectivity index (χ0n) is 23.8. The fraction of sp³-hybridized carbons (Fsp3) is 0.324. The van der Waals surface area contributed by atoms with Crippen LogP contribution in [0.1, 0.15) is 68.9 Å². The molecule has 206 valence electrons. The minimum absolute atomic E-state index is 0.000213. The lowest BCUT2D eigenvalue weighted by atomic mass is 9.94. The van der Waals surface area contributed by atoms with Gasteiger partial charge >= 0.3 is 0 Å². The van der Waals surface area contributed by atoms with E-state index >= 15 is 0 Å². The number of carbonyl (C=O) groups excluding carboxylic acids is 1. The molecule has 1 atom stereocenters. The first kappa shape index (κ1) is 29.9. The van der Waals surface area contributed by atoms with E-state index in [2.05, 4.69) is 30.3 Å². The van der Waals surface area contributed by atoms with Crippen LogP contribution in [0.25, 0.3) is 22.4 Å². The second-order valence-electron chi connectivity index (χ2n) is 9.98. The van der Waals surface area contributed by atoms with E-state index < -0.39 is 0 Å². The minimum Gasteiger partial charge on any atom is -0.381 e. The molecule has 0 bridgehead atoms. The van der Waals surface area contributed by atoms with Gasteiger partial charge in [-0.25, -0.2) is 4.39 Å². The zero-order chi connectivity index (χ0) is 28.4. The van der Waals surface area contributed by atoms with Gasteiger partial charge in [-0.2, -0.15) is 0 Å². The topological polar surface area (TPSA) is 43.3 Å². The number of benzene rings is 2. The molecule has 3 aromatic rings. The number of carbonyl (C=O) groups is 1. The summed E-state index contributed by atoms with van der Waals surface area (Å²) in [6.45, 7) is 12.6. The zero-order valence-corrected chi connectivity index (χ0v) is 23.8. The lowest BCUT2D eigenvalue weighted by Crippen LogP contribution is -2.24. The van der Waals surface area contributed by atoms with Crippen molar-refractivity contribution in [2.75, 3.05) is 7.11 Å². The van der Waals surface area contributed by atoms with Crippen molar-refractivity contribution in [1.29, 1.82) is 0 Å². The fourth-order valence-electron chi connectivity index (χ4n) is 4.96. The van der Waals surface area contributed by atoms with Crippen LogP contribution in [0.3, 0.4) is 0 Å². The van der Waals surface area contributed by atoms with Crippen molar-refractivity contribution in [3.8, 4) is 22.4 Å². The third-order valence-corrected chi connectivity index (χ3v) is 6.80. The average molecular weight is 529 g/mol. The van der Waals surface area contributed by atoms with E-state index in [9.17, 15) is 9.18 Å². The molecule has 0 spiro atoms. The molecule has 0 aliphatic carbocycles. The van der Waals surface area contributed by atoms with E-state index in [-0.39, 0.29) is 23.7 Å². The van der Waals surface area contributed by atoms with Crippen LogP contribution in [0.4, 0.5) is 4.39 Å². The van der Waals surface area contributed by atoms with E-state index in [4.69, 9.17) is 4.74 Å². The summed E-state index contributed by atoms with van der Waals surface area (Å²) in [5, 5.41) is 3.13. The first-order valence-corrected chi connectivity index (χ1v) is 13.6. The van der Waals surface area contributed by atoms with Crippen LogP contribution < -0.4 is 5.32 Å². The third-order valence-electron chi connectivity index (χ3n) is 6.80. The first-order chi connectivity index (χ1) is 18.8. The maximum atomic E-state index is 14.1. The van der Waals surface area contributed by atoms with Crippen LogP contribution in [-0.4, -0.2) is 23.7 Å². The van der Waals surface area contributed by atoms with Crippen molar-refractivity contribution in [3.05, 3.63) is 108 Å². The van der Waals surface area contributed by atoms with Crippen LogP contribution in [0.15, 0.2) is 91.2 Å².